The standard InChI is InChI=1S/C17H14ClN3O6/c18-12-7-14-15(27-9-26-14)8-13(12)20-16(22)5-6-19-17(23)10-1-3-11(4-2-10)21(24)25/h1-4,7-8H,5-6,9H2,(H,19,23)(H,20,22). The van der Waals surface area contributed by atoms with Crippen molar-refractivity contribution in [2.24, 2.45) is 0 Å². The van der Waals surface area contributed by atoms with Crippen LogP contribution in [0.3, 0.4) is 0 Å². The highest BCUT2D eigenvalue weighted by atomic mass is 35.5. The Labute approximate surface area is 158 Å². The highest BCUT2D eigenvalue weighted by Crippen LogP contribution is 2.39. The smallest absolute Gasteiger partial charge is 0.269 e. The molecular formula is C17H14ClN3O6. The number of fused-ring (bicyclic) bond motifs is 1. The summed E-state index contributed by atoms with van der Waals surface area (Å²) in [4.78, 5) is 34.1. The number of nitro benzene ring substituents is 1. The molecule has 0 saturated heterocycles. The number of ether oxygens (including phenoxy) is 2. The quantitative estimate of drug-likeness (QED) is 0.577. The Morgan fingerprint density at radius 2 is 1.81 bits per heavy atom. The predicted molar refractivity (Wildman–Crippen MR) is 96.3 cm³/mol. The molecule has 9 nitrogen and oxygen atoms in total. The first-order valence-electron chi connectivity index (χ1n) is 7.85. The maximum Gasteiger partial charge on any atom is 0.269 e. The lowest BCUT2D eigenvalue weighted by atomic mass is 10.2. The molecule has 0 fully saturated rings. The molecule has 0 saturated carbocycles. The Hall–Kier alpha value is -3.33. The minimum Gasteiger partial charge on any atom is -0.454 e. The number of anilines is 1. The van der Waals surface area contributed by atoms with E-state index in [1.165, 1.54) is 24.3 Å². The van der Waals surface area contributed by atoms with Crippen LogP contribution in [0.1, 0.15) is 16.8 Å². The van der Waals surface area contributed by atoms with E-state index in [2.05, 4.69) is 10.6 Å². The van der Waals surface area contributed by atoms with Gasteiger partial charge in [0.2, 0.25) is 12.7 Å². The molecule has 2 aromatic carbocycles. The molecule has 10 heteroatoms. The zero-order chi connectivity index (χ0) is 19.4. The Bertz CT molecular complexity index is 900. The van der Waals surface area contributed by atoms with Crippen LogP contribution >= 0.6 is 11.6 Å². The molecule has 0 unspecified atom stereocenters. The van der Waals surface area contributed by atoms with Crippen molar-refractivity contribution >= 4 is 34.8 Å². The van der Waals surface area contributed by atoms with E-state index in [4.69, 9.17) is 21.1 Å². The number of nitrogens with one attached hydrogen (secondary N) is 2. The number of hydrogen-bond donors (Lipinski definition) is 2. The van der Waals surface area contributed by atoms with Crippen molar-refractivity contribution in [3.63, 3.8) is 0 Å². The predicted octanol–water partition coefficient (Wildman–Crippen LogP) is 2.74. The number of benzene rings is 2. The minimum atomic E-state index is -0.548. The first-order chi connectivity index (χ1) is 12.9. The van der Waals surface area contributed by atoms with Gasteiger partial charge in [-0.3, -0.25) is 19.7 Å². The second-order valence-electron chi connectivity index (χ2n) is 5.54. The van der Waals surface area contributed by atoms with E-state index >= 15 is 0 Å². The van der Waals surface area contributed by atoms with Gasteiger partial charge >= 0.3 is 0 Å². The number of halogens is 1. The molecule has 1 aliphatic rings. The van der Waals surface area contributed by atoms with Crippen LogP contribution in [0, 0.1) is 10.1 Å². The molecule has 2 aromatic rings. The number of amides is 2. The Balaban J connectivity index is 1.49. The molecule has 3 rings (SSSR count). The van der Waals surface area contributed by atoms with Gasteiger partial charge in [-0.15, -0.1) is 0 Å². The summed E-state index contributed by atoms with van der Waals surface area (Å²) in [6, 6.07) is 8.29. The van der Waals surface area contributed by atoms with Gasteiger partial charge in [-0.2, -0.15) is 0 Å². The molecule has 0 atom stereocenters. The van der Waals surface area contributed by atoms with E-state index in [0.29, 0.717) is 22.2 Å². The molecule has 2 N–H and O–H groups in total. The number of nitro groups is 1. The summed E-state index contributed by atoms with van der Waals surface area (Å²) >= 11 is 6.08. The molecule has 1 aliphatic heterocycles. The zero-order valence-corrected chi connectivity index (χ0v) is 14.6. The van der Waals surface area contributed by atoms with E-state index < -0.39 is 10.8 Å². The van der Waals surface area contributed by atoms with Gasteiger partial charge in [-0.25, -0.2) is 0 Å². The lowest BCUT2D eigenvalue weighted by Crippen LogP contribution is -2.27. The number of hydrogen-bond acceptors (Lipinski definition) is 6. The lowest BCUT2D eigenvalue weighted by molar-refractivity contribution is -0.384. The van der Waals surface area contributed by atoms with Gasteiger partial charge < -0.3 is 20.1 Å². The van der Waals surface area contributed by atoms with E-state index in [1.807, 2.05) is 0 Å². The number of nitrogens with zero attached hydrogens (tertiary/aromatic N) is 1. The highest BCUT2D eigenvalue weighted by molar-refractivity contribution is 6.34. The van der Waals surface area contributed by atoms with Gasteiger partial charge in [-0.05, 0) is 12.1 Å². The van der Waals surface area contributed by atoms with Gasteiger partial charge in [0.25, 0.3) is 11.6 Å². The van der Waals surface area contributed by atoms with Crippen molar-refractivity contribution in [2.75, 3.05) is 18.7 Å². The molecule has 2 amide bonds. The normalized spacial score (nSPS) is 11.7. The average molecular weight is 392 g/mol. The van der Waals surface area contributed by atoms with Crippen molar-refractivity contribution < 1.29 is 24.0 Å². The fourth-order valence-electron chi connectivity index (χ4n) is 2.35. The van der Waals surface area contributed by atoms with Gasteiger partial charge in [0, 0.05) is 42.8 Å². The Kier molecular flexibility index (Phi) is 5.41. The fourth-order valence-corrected chi connectivity index (χ4v) is 2.55. The van der Waals surface area contributed by atoms with Crippen molar-refractivity contribution in [1.29, 1.82) is 0 Å². The van der Waals surface area contributed by atoms with Gasteiger partial charge in [-0.1, -0.05) is 11.6 Å². The summed E-state index contributed by atoms with van der Waals surface area (Å²) in [7, 11) is 0. The average Bonchev–Trinajstić information content (AvgIpc) is 3.09. The maximum atomic E-state index is 12.0. The van der Waals surface area contributed by atoms with Crippen molar-refractivity contribution in [3.05, 3.63) is 57.1 Å². The van der Waals surface area contributed by atoms with Crippen LogP contribution in [0.25, 0.3) is 0 Å². The summed E-state index contributed by atoms with van der Waals surface area (Å²) in [5, 5.41) is 16.1. The Morgan fingerprint density at radius 1 is 1.15 bits per heavy atom. The summed E-state index contributed by atoms with van der Waals surface area (Å²) in [6.07, 6.45) is 0.0174. The summed E-state index contributed by atoms with van der Waals surface area (Å²) in [5.41, 5.74) is 0.541. The number of non-ortho nitro benzene ring substituents is 1. The fraction of sp³-hybridized carbons (Fsp3) is 0.176. The molecule has 0 spiro atoms. The summed E-state index contributed by atoms with van der Waals surface area (Å²) < 4.78 is 10.4. The topological polar surface area (TPSA) is 120 Å². The van der Waals surface area contributed by atoms with Crippen LogP contribution in [0.2, 0.25) is 5.02 Å². The van der Waals surface area contributed by atoms with Gasteiger partial charge in [0.05, 0.1) is 15.6 Å². The third-order valence-corrected chi connectivity index (χ3v) is 4.03. The van der Waals surface area contributed by atoms with Crippen LogP contribution in [0.15, 0.2) is 36.4 Å². The van der Waals surface area contributed by atoms with Crippen LogP contribution in [0.4, 0.5) is 11.4 Å². The summed E-state index contributed by atoms with van der Waals surface area (Å²) in [5.74, 6) is 0.216. The van der Waals surface area contributed by atoms with E-state index in [-0.39, 0.29) is 36.9 Å². The SMILES string of the molecule is O=C(CCNC(=O)c1ccc([N+](=O)[O-])cc1)Nc1cc2c(cc1Cl)OCO2. The van der Waals surface area contributed by atoms with Crippen molar-refractivity contribution in [1.82, 2.24) is 5.32 Å². The first-order valence-corrected chi connectivity index (χ1v) is 8.23. The molecule has 1 heterocycles. The number of rotatable bonds is 6. The molecule has 0 radical (unpaired) electrons. The zero-order valence-electron chi connectivity index (χ0n) is 13.9. The van der Waals surface area contributed by atoms with Crippen LogP contribution in [0.5, 0.6) is 11.5 Å². The largest absolute Gasteiger partial charge is 0.454 e. The van der Waals surface area contributed by atoms with E-state index in [0.717, 1.165) is 0 Å². The van der Waals surface area contributed by atoms with E-state index in [1.54, 1.807) is 12.1 Å². The van der Waals surface area contributed by atoms with Crippen LogP contribution in [-0.4, -0.2) is 30.1 Å². The third kappa shape index (κ3) is 4.45. The van der Waals surface area contributed by atoms with Gasteiger partial charge in [0.1, 0.15) is 0 Å². The van der Waals surface area contributed by atoms with Crippen LogP contribution in [-0.2, 0) is 4.79 Å². The second-order valence-corrected chi connectivity index (χ2v) is 5.95. The minimum absolute atomic E-state index is 0.0174. The summed E-state index contributed by atoms with van der Waals surface area (Å²) in [6.45, 7) is 0.182. The van der Waals surface area contributed by atoms with Crippen molar-refractivity contribution in [2.45, 2.75) is 6.42 Å². The molecule has 140 valence electrons. The molecule has 0 aliphatic carbocycles. The highest BCUT2D eigenvalue weighted by Gasteiger charge is 2.17. The third-order valence-electron chi connectivity index (χ3n) is 3.71. The van der Waals surface area contributed by atoms with Crippen LogP contribution < -0.4 is 20.1 Å². The second kappa shape index (κ2) is 7.92. The Morgan fingerprint density at radius 3 is 2.48 bits per heavy atom. The maximum absolute atomic E-state index is 12.0. The lowest BCUT2D eigenvalue weighted by Gasteiger charge is -2.09. The van der Waals surface area contributed by atoms with Gasteiger partial charge in [0.15, 0.2) is 11.5 Å². The van der Waals surface area contributed by atoms with Crippen molar-refractivity contribution in [3.8, 4) is 11.5 Å². The molecular weight excluding hydrogens is 378 g/mol. The molecule has 0 bridgehead atoms. The number of carbonyl (C=O) groups excluding carboxylic acids is 2. The number of carbonyl (C=O) groups is 2. The molecule has 27 heavy (non-hydrogen) atoms. The monoisotopic (exact) mass is 391 g/mol. The first kappa shape index (κ1) is 18.5. The molecule has 0 aromatic heterocycles. The van der Waals surface area contributed by atoms with E-state index in [9.17, 15) is 19.7 Å².